The number of hydrogen-bond donors (Lipinski definition) is 2. The summed E-state index contributed by atoms with van der Waals surface area (Å²) in [6.07, 6.45) is 2.68. The first-order chi connectivity index (χ1) is 7.93. The molecule has 5 nitrogen and oxygen atoms in total. The van der Waals surface area contributed by atoms with Gasteiger partial charge in [0, 0.05) is 20.6 Å². The van der Waals surface area contributed by atoms with E-state index >= 15 is 0 Å². The Morgan fingerprint density at radius 3 is 2.47 bits per heavy atom. The van der Waals surface area contributed by atoms with Crippen LogP contribution in [0.1, 0.15) is 33.1 Å². The number of unbranched alkanes of at least 4 members (excludes halogenated alkanes) is 1. The van der Waals surface area contributed by atoms with Crippen molar-refractivity contribution in [1.82, 2.24) is 10.2 Å². The zero-order chi connectivity index (χ0) is 13.4. The predicted octanol–water partition coefficient (Wildman–Crippen LogP) is 0.344. The first kappa shape index (κ1) is 15.9. The molecular weight excluding hydrogens is 218 g/mol. The second-order valence-corrected chi connectivity index (χ2v) is 4.48. The van der Waals surface area contributed by atoms with Gasteiger partial charge in [-0.25, -0.2) is 0 Å². The summed E-state index contributed by atoms with van der Waals surface area (Å²) < 4.78 is 0. The molecule has 0 bridgehead atoms. The van der Waals surface area contributed by atoms with Crippen LogP contribution in [0.4, 0.5) is 0 Å². The monoisotopic (exact) mass is 243 g/mol. The third-order valence-electron chi connectivity index (χ3n) is 2.80. The van der Waals surface area contributed by atoms with Crippen molar-refractivity contribution in [2.24, 2.45) is 11.7 Å². The van der Waals surface area contributed by atoms with E-state index in [0.29, 0.717) is 13.0 Å². The van der Waals surface area contributed by atoms with E-state index in [1.54, 1.807) is 25.9 Å². The maximum absolute atomic E-state index is 11.9. The molecule has 17 heavy (non-hydrogen) atoms. The van der Waals surface area contributed by atoms with Crippen LogP contribution >= 0.6 is 0 Å². The van der Waals surface area contributed by atoms with Crippen LogP contribution in [0.2, 0.25) is 0 Å². The number of amides is 2. The Balaban J connectivity index is 4.16. The quantitative estimate of drug-likeness (QED) is 0.677. The minimum atomic E-state index is -0.447. The molecule has 0 radical (unpaired) electrons. The number of rotatable bonds is 7. The zero-order valence-electron chi connectivity index (χ0n) is 11.3. The standard InChI is InChI=1S/C12H25N3O2/c1-5-6-7-10(13)12(17)15(4)8-9(2)11(16)14-3/h9-10H,5-8,13H2,1-4H3,(H,14,16). The third kappa shape index (κ3) is 5.68. The van der Waals surface area contributed by atoms with E-state index in [-0.39, 0.29) is 17.7 Å². The maximum atomic E-state index is 11.9. The largest absolute Gasteiger partial charge is 0.359 e. The number of hydrogen-bond acceptors (Lipinski definition) is 3. The van der Waals surface area contributed by atoms with Crippen LogP contribution in [0.3, 0.4) is 0 Å². The van der Waals surface area contributed by atoms with Crippen LogP contribution in [0.25, 0.3) is 0 Å². The summed E-state index contributed by atoms with van der Waals surface area (Å²) in [6.45, 7) is 4.26. The first-order valence-corrected chi connectivity index (χ1v) is 6.16. The first-order valence-electron chi connectivity index (χ1n) is 6.16. The van der Waals surface area contributed by atoms with Gasteiger partial charge in [0.15, 0.2) is 0 Å². The van der Waals surface area contributed by atoms with Crippen LogP contribution in [-0.2, 0) is 9.59 Å². The van der Waals surface area contributed by atoms with E-state index in [9.17, 15) is 9.59 Å². The molecule has 0 spiro atoms. The van der Waals surface area contributed by atoms with Crippen molar-refractivity contribution in [3.05, 3.63) is 0 Å². The Hall–Kier alpha value is -1.10. The Bertz CT molecular complexity index is 256. The van der Waals surface area contributed by atoms with Crippen LogP contribution in [0.5, 0.6) is 0 Å². The minimum Gasteiger partial charge on any atom is -0.359 e. The molecule has 5 heteroatoms. The van der Waals surface area contributed by atoms with Gasteiger partial charge in [0.2, 0.25) is 11.8 Å². The minimum absolute atomic E-state index is 0.0632. The van der Waals surface area contributed by atoms with Crippen molar-refractivity contribution in [1.29, 1.82) is 0 Å². The van der Waals surface area contributed by atoms with E-state index in [0.717, 1.165) is 12.8 Å². The molecule has 0 saturated heterocycles. The van der Waals surface area contributed by atoms with Crippen molar-refractivity contribution < 1.29 is 9.59 Å². The number of nitrogens with one attached hydrogen (secondary N) is 1. The fourth-order valence-electron chi connectivity index (χ4n) is 1.66. The van der Waals surface area contributed by atoms with Crippen LogP contribution < -0.4 is 11.1 Å². The SMILES string of the molecule is CCCCC(N)C(=O)N(C)CC(C)C(=O)NC. The van der Waals surface area contributed by atoms with Crippen molar-refractivity contribution in [2.75, 3.05) is 20.6 Å². The van der Waals surface area contributed by atoms with Gasteiger partial charge in [-0.2, -0.15) is 0 Å². The van der Waals surface area contributed by atoms with Gasteiger partial charge in [0.05, 0.1) is 12.0 Å². The molecule has 0 saturated carbocycles. The topological polar surface area (TPSA) is 75.4 Å². The fourth-order valence-corrected chi connectivity index (χ4v) is 1.66. The molecule has 0 rings (SSSR count). The molecule has 2 atom stereocenters. The van der Waals surface area contributed by atoms with Gasteiger partial charge in [-0.05, 0) is 6.42 Å². The molecular formula is C12H25N3O2. The summed E-state index contributed by atoms with van der Waals surface area (Å²) in [5.41, 5.74) is 5.80. The molecule has 0 aliphatic carbocycles. The number of likely N-dealkylation sites (N-methyl/N-ethyl adjacent to an activating group) is 1. The molecule has 2 unspecified atom stereocenters. The molecule has 0 aromatic heterocycles. The number of nitrogens with two attached hydrogens (primary N) is 1. The number of carbonyl (C=O) groups excluding carboxylic acids is 2. The Morgan fingerprint density at radius 2 is 2.00 bits per heavy atom. The zero-order valence-corrected chi connectivity index (χ0v) is 11.3. The van der Waals surface area contributed by atoms with Gasteiger partial charge in [-0.3, -0.25) is 9.59 Å². The lowest BCUT2D eigenvalue weighted by molar-refractivity contribution is -0.133. The Labute approximate surface area is 104 Å². The van der Waals surface area contributed by atoms with Crippen LogP contribution in [0.15, 0.2) is 0 Å². The molecule has 0 aliphatic heterocycles. The highest BCUT2D eigenvalue weighted by molar-refractivity contribution is 5.83. The molecule has 0 aromatic carbocycles. The second-order valence-electron chi connectivity index (χ2n) is 4.48. The van der Waals surface area contributed by atoms with Crippen molar-refractivity contribution in [2.45, 2.75) is 39.2 Å². The molecule has 0 aromatic rings. The molecule has 100 valence electrons. The van der Waals surface area contributed by atoms with Gasteiger partial charge < -0.3 is 16.0 Å². The predicted molar refractivity (Wildman–Crippen MR) is 68.4 cm³/mol. The van der Waals surface area contributed by atoms with Gasteiger partial charge in [0.25, 0.3) is 0 Å². The summed E-state index contributed by atoms with van der Waals surface area (Å²) in [4.78, 5) is 24.7. The Kier molecular flexibility index (Phi) is 7.54. The fraction of sp³-hybridized carbons (Fsp3) is 0.833. The maximum Gasteiger partial charge on any atom is 0.239 e. The van der Waals surface area contributed by atoms with Gasteiger partial charge >= 0.3 is 0 Å². The average molecular weight is 243 g/mol. The molecule has 0 heterocycles. The lowest BCUT2D eigenvalue weighted by Crippen LogP contribution is -2.45. The molecule has 0 fully saturated rings. The average Bonchev–Trinajstić information content (AvgIpc) is 2.33. The normalized spacial score (nSPS) is 13.9. The lowest BCUT2D eigenvalue weighted by atomic mass is 10.1. The highest BCUT2D eigenvalue weighted by Crippen LogP contribution is 2.04. The third-order valence-corrected chi connectivity index (χ3v) is 2.80. The highest BCUT2D eigenvalue weighted by atomic mass is 16.2. The van der Waals surface area contributed by atoms with Gasteiger partial charge in [-0.1, -0.05) is 26.7 Å². The smallest absolute Gasteiger partial charge is 0.239 e. The van der Waals surface area contributed by atoms with E-state index in [1.807, 2.05) is 0 Å². The van der Waals surface area contributed by atoms with E-state index in [1.165, 1.54) is 0 Å². The van der Waals surface area contributed by atoms with Gasteiger partial charge in [0.1, 0.15) is 0 Å². The Morgan fingerprint density at radius 1 is 1.41 bits per heavy atom. The van der Waals surface area contributed by atoms with Crippen LogP contribution in [-0.4, -0.2) is 43.4 Å². The lowest BCUT2D eigenvalue weighted by Gasteiger charge is -2.23. The van der Waals surface area contributed by atoms with Crippen molar-refractivity contribution >= 4 is 11.8 Å². The summed E-state index contributed by atoms with van der Waals surface area (Å²) in [5.74, 6) is -0.367. The van der Waals surface area contributed by atoms with Crippen LogP contribution in [0, 0.1) is 5.92 Å². The highest BCUT2D eigenvalue weighted by Gasteiger charge is 2.21. The number of carbonyl (C=O) groups is 2. The summed E-state index contributed by atoms with van der Waals surface area (Å²) in [6, 6.07) is -0.447. The summed E-state index contributed by atoms with van der Waals surface area (Å²) in [7, 11) is 3.28. The number of nitrogens with zero attached hydrogens (tertiary/aromatic N) is 1. The summed E-state index contributed by atoms with van der Waals surface area (Å²) in [5, 5.41) is 2.56. The molecule has 2 amide bonds. The van der Waals surface area contributed by atoms with Gasteiger partial charge in [-0.15, -0.1) is 0 Å². The van der Waals surface area contributed by atoms with E-state index in [2.05, 4.69) is 12.2 Å². The second kappa shape index (κ2) is 8.06. The van der Waals surface area contributed by atoms with Crippen molar-refractivity contribution in [3.63, 3.8) is 0 Å². The van der Waals surface area contributed by atoms with E-state index in [4.69, 9.17) is 5.73 Å². The van der Waals surface area contributed by atoms with E-state index < -0.39 is 6.04 Å². The molecule has 0 aliphatic rings. The van der Waals surface area contributed by atoms with Crippen molar-refractivity contribution in [3.8, 4) is 0 Å². The molecule has 3 N–H and O–H groups in total. The summed E-state index contributed by atoms with van der Waals surface area (Å²) >= 11 is 0.